The Balaban J connectivity index is 2.97. The SMILES string of the molecule is O=P(Cl)(Cl)Oc1ccc(Cl)cc1Cl. The molecule has 0 amide bonds. The third-order valence-corrected chi connectivity index (χ3v) is 2.45. The zero-order chi connectivity index (χ0) is 10.1. The minimum Gasteiger partial charge on any atom is -0.421 e. The summed E-state index contributed by atoms with van der Waals surface area (Å²) >= 11 is 21.7. The highest BCUT2D eigenvalue weighted by molar-refractivity contribution is 8.05. The highest BCUT2D eigenvalue weighted by atomic mass is 35.9. The van der Waals surface area contributed by atoms with E-state index in [1.54, 1.807) is 0 Å². The van der Waals surface area contributed by atoms with Gasteiger partial charge in [-0.05, 0) is 18.2 Å². The molecule has 0 heterocycles. The van der Waals surface area contributed by atoms with Crippen LogP contribution in [0.5, 0.6) is 5.75 Å². The second-order valence-corrected chi connectivity index (χ2v) is 7.13. The second-order valence-electron chi connectivity index (χ2n) is 2.08. The lowest BCUT2D eigenvalue weighted by atomic mass is 10.3. The molecular formula is C6H3Cl4O2P. The highest BCUT2D eigenvalue weighted by Gasteiger charge is 2.17. The third-order valence-electron chi connectivity index (χ3n) is 1.10. The van der Waals surface area contributed by atoms with Gasteiger partial charge in [-0.2, -0.15) is 0 Å². The summed E-state index contributed by atoms with van der Waals surface area (Å²) in [7, 11) is 0. The van der Waals surface area contributed by atoms with Gasteiger partial charge in [0.25, 0.3) is 0 Å². The molecule has 0 fully saturated rings. The molecule has 0 aliphatic carbocycles. The fourth-order valence-corrected chi connectivity index (χ4v) is 2.00. The van der Waals surface area contributed by atoms with Gasteiger partial charge < -0.3 is 4.52 Å². The summed E-state index contributed by atoms with van der Waals surface area (Å²) in [5.74, 6) is 0.138. The molecule has 0 N–H and O–H groups in total. The molecule has 7 heteroatoms. The first-order valence-corrected chi connectivity index (χ1v) is 7.21. The predicted octanol–water partition coefficient (Wildman–Crippen LogP) is 4.96. The van der Waals surface area contributed by atoms with E-state index in [-0.39, 0.29) is 10.8 Å². The fraction of sp³-hybridized carbons (Fsp3) is 0. The van der Waals surface area contributed by atoms with E-state index in [2.05, 4.69) is 4.52 Å². The molecule has 0 saturated heterocycles. The van der Waals surface area contributed by atoms with Crippen LogP contribution in [0.1, 0.15) is 0 Å². The van der Waals surface area contributed by atoms with E-state index in [0.29, 0.717) is 5.02 Å². The number of hydrogen-bond acceptors (Lipinski definition) is 2. The van der Waals surface area contributed by atoms with Gasteiger partial charge in [0.1, 0.15) is 5.75 Å². The highest BCUT2D eigenvalue weighted by Crippen LogP contribution is 2.58. The van der Waals surface area contributed by atoms with E-state index < -0.39 is 6.07 Å². The standard InChI is InChI=1S/C6H3Cl4O2P/c7-4-1-2-6(5(8)3-4)12-13(9,10)11/h1-3H. The average molecular weight is 280 g/mol. The van der Waals surface area contributed by atoms with E-state index in [0.717, 1.165) is 0 Å². The van der Waals surface area contributed by atoms with Gasteiger partial charge in [0.2, 0.25) is 0 Å². The van der Waals surface area contributed by atoms with Gasteiger partial charge in [-0.25, -0.2) is 4.57 Å². The maximum absolute atomic E-state index is 10.8. The molecule has 0 spiro atoms. The first-order chi connectivity index (χ1) is 5.88. The van der Waals surface area contributed by atoms with Gasteiger partial charge in [0.05, 0.1) is 5.02 Å². The lowest BCUT2D eigenvalue weighted by Gasteiger charge is -2.07. The molecule has 1 aromatic rings. The molecule has 0 aliphatic rings. The second kappa shape index (κ2) is 4.29. The summed E-state index contributed by atoms with van der Waals surface area (Å²) in [5, 5.41) is 0.644. The topological polar surface area (TPSA) is 26.3 Å². The fourth-order valence-electron chi connectivity index (χ4n) is 0.664. The van der Waals surface area contributed by atoms with Crippen molar-refractivity contribution in [2.75, 3.05) is 0 Å². The Morgan fingerprint density at radius 2 is 1.85 bits per heavy atom. The van der Waals surface area contributed by atoms with Gasteiger partial charge >= 0.3 is 6.07 Å². The molecule has 2 nitrogen and oxygen atoms in total. The quantitative estimate of drug-likeness (QED) is 0.716. The molecule has 0 aliphatic heterocycles. The van der Waals surface area contributed by atoms with E-state index >= 15 is 0 Å². The summed E-state index contributed by atoms with van der Waals surface area (Å²) in [6.07, 6.45) is -3.61. The minimum atomic E-state index is -3.61. The van der Waals surface area contributed by atoms with Crippen LogP contribution in [-0.4, -0.2) is 0 Å². The molecule has 0 saturated carbocycles. The van der Waals surface area contributed by atoms with Crippen molar-refractivity contribution in [1.29, 1.82) is 0 Å². The van der Waals surface area contributed by atoms with Gasteiger partial charge in [0.15, 0.2) is 0 Å². The molecular weight excluding hydrogens is 277 g/mol. The van der Waals surface area contributed by atoms with Crippen LogP contribution in [0.4, 0.5) is 0 Å². The van der Waals surface area contributed by atoms with Crippen LogP contribution < -0.4 is 4.52 Å². The monoisotopic (exact) mass is 278 g/mol. The van der Waals surface area contributed by atoms with Crippen LogP contribution in [0.15, 0.2) is 18.2 Å². The number of benzene rings is 1. The van der Waals surface area contributed by atoms with Crippen LogP contribution in [0, 0.1) is 0 Å². The smallest absolute Gasteiger partial charge is 0.421 e. The number of rotatable bonds is 2. The number of hydrogen-bond donors (Lipinski definition) is 0. The first-order valence-electron chi connectivity index (χ1n) is 3.02. The summed E-state index contributed by atoms with van der Waals surface area (Å²) in [4.78, 5) is 0. The summed E-state index contributed by atoms with van der Waals surface area (Å²) in [5.41, 5.74) is 0. The molecule has 72 valence electrons. The first kappa shape index (κ1) is 11.5. The van der Waals surface area contributed by atoms with E-state index in [1.807, 2.05) is 0 Å². The molecule has 1 aromatic carbocycles. The Bertz CT molecular complexity index is 362. The van der Waals surface area contributed by atoms with Crippen molar-refractivity contribution in [1.82, 2.24) is 0 Å². The average Bonchev–Trinajstić information content (AvgIpc) is 1.93. The van der Waals surface area contributed by atoms with Crippen molar-refractivity contribution in [2.45, 2.75) is 0 Å². The zero-order valence-electron chi connectivity index (χ0n) is 6.01. The van der Waals surface area contributed by atoms with Crippen molar-refractivity contribution < 1.29 is 9.09 Å². The lowest BCUT2D eigenvalue weighted by Crippen LogP contribution is -1.82. The Hall–Kier alpha value is 0.410. The van der Waals surface area contributed by atoms with E-state index in [1.165, 1.54) is 18.2 Å². The zero-order valence-corrected chi connectivity index (χ0v) is 9.93. The molecule has 13 heavy (non-hydrogen) atoms. The van der Waals surface area contributed by atoms with Gasteiger partial charge in [-0.3, -0.25) is 0 Å². The van der Waals surface area contributed by atoms with Gasteiger partial charge in [-0.1, -0.05) is 23.2 Å². The Kier molecular flexibility index (Phi) is 3.79. The maximum Gasteiger partial charge on any atom is 0.428 e. The summed E-state index contributed by atoms with van der Waals surface area (Å²) in [6.45, 7) is 0. The Morgan fingerprint density at radius 3 is 2.31 bits per heavy atom. The molecule has 0 radical (unpaired) electrons. The minimum absolute atomic E-state index is 0.138. The van der Waals surface area contributed by atoms with Crippen molar-refractivity contribution in [3.63, 3.8) is 0 Å². The van der Waals surface area contributed by atoms with Crippen molar-refractivity contribution in [2.24, 2.45) is 0 Å². The molecule has 0 bridgehead atoms. The molecule has 0 aromatic heterocycles. The van der Waals surface area contributed by atoms with Crippen LogP contribution in [0.25, 0.3) is 0 Å². The largest absolute Gasteiger partial charge is 0.428 e. The third kappa shape index (κ3) is 3.97. The molecule has 1 rings (SSSR count). The predicted molar refractivity (Wildman–Crippen MR) is 56.4 cm³/mol. The van der Waals surface area contributed by atoms with Crippen molar-refractivity contribution in [3.05, 3.63) is 28.2 Å². The molecule has 0 atom stereocenters. The Morgan fingerprint density at radius 1 is 1.23 bits per heavy atom. The number of halogens is 4. The van der Waals surface area contributed by atoms with Crippen molar-refractivity contribution in [3.8, 4) is 5.75 Å². The van der Waals surface area contributed by atoms with E-state index in [4.69, 9.17) is 45.7 Å². The normalized spacial score (nSPS) is 11.4. The van der Waals surface area contributed by atoms with E-state index in [9.17, 15) is 4.57 Å². The lowest BCUT2D eigenvalue weighted by molar-refractivity contribution is 0.513. The van der Waals surface area contributed by atoms with Crippen LogP contribution in [0.3, 0.4) is 0 Å². The Labute approximate surface area is 94.7 Å². The van der Waals surface area contributed by atoms with Gasteiger partial charge in [-0.15, -0.1) is 0 Å². The van der Waals surface area contributed by atoms with Crippen LogP contribution >= 0.6 is 51.8 Å². The van der Waals surface area contributed by atoms with Crippen LogP contribution in [0.2, 0.25) is 10.0 Å². The summed E-state index contributed by atoms with van der Waals surface area (Å²) in [6, 6.07) is 4.39. The van der Waals surface area contributed by atoms with Gasteiger partial charge in [0, 0.05) is 27.5 Å². The van der Waals surface area contributed by atoms with Crippen molar-refractivity contribution >= 4 is 51.8 Å². The van der Waals surface area contributed by atoms with Crippen LogP contribution in [-0.2, 0) is 4.57 Å². The maximum atomic E-state index is 10.8. The molecule has 0 unspecified atom stereocenters. The summed E-state index contributed by atoms with van der Waals surface area (Å²) < 4.78 is 15.5.